The molecule has 0 spiro atoms. The molecule has 0 bridgehead atoms. The maximum Gasteiger partial charge on any atom is 0.454 e. The normalized spacial score (nSPS) is 11.8. The summed E-state index contributed by atoms with van der Waals surface area (Å²) in [6, 6.07) is 72.4. The standard InChI is InChI=1S/C25H22PS.2C15H9Cl2F3S.C8H3Cl2F3O.ClH/c1-5-13-22(14-6-1)26(23-15-7-2-8-16-23,24-17-9-3-10-18-24)21-27-25-19-11-4-12-20-25;2*16-11-6-10(7-12(17)8-11)14(15(18,19)20)9-21-13-4-2-1-3-5-13;9-5-1-4(2-6(10)3-5)7(14)8(11,12)13;/h1-20H,21H2;2*1-9H;1-3H;1H/q+1;;;;/p-1/b;14-9+;14-9-;;. The van der Waals surface area contributed by atoms with Crippen LogP contribution in [0.15, 0.2) is 262 Å². The monoisotopic (exact) mass is 1360 g/mol. The Morgan fingerprint density at radius 3 is 0.869 bits per heavy atom. The van der Waals surface area contributed by atoms with Crippen LogP contribution in [-0.4, -0.2) is 29.8 Å². The third kappa shape index (κ3) is 21.8. The van der Waals surface area contributed by atoms with E-state index in [1.165, 1.54) is 63.3 Å². The summed E-state index contributed by atoms with van der Waals surface area (Å²) in [4.78, 5) is 13.5. The highest BCUT2D eigenvalue weighted by atomic mass is 35.5. The van der Waals surface area contributed by atoms with Gasteiger partial charge >= 0.3 is 18.5 Å². The number of hydrogen-bond acceptors (Lipinski definition) is 4. The molecule has 436 valence electrons. The molecule has 0 heterocycles. The molecule has 9 aromatic carbocycles. The number of rotatable bonds is 13. The lowest BCUT2D eigenvalue weighted by atomic mass is 10.1. The number of ketones is 1. The maximum absolute atomic E-state index is 13.2. The smallest absolute Gasteiger partial charge is 0.454 e. The van der Waals surface area contributed by atoms with Crippen molar-refractivity contribution in [3.05, 3.63) is 294 Å². The minimum Gasteiger partial charge on any atom is -1.00 e. The van der Waals surface area contributed by atoms with Crippen LogP contribution in [0.4, 0.5) is 39.5 Å². The lowest BCUT2D eigenvalue weighted by Gasteiger charge is -2.27. The molecule has 0 aromatic heterocycles. The Morgan fingerprint density at radius 2 is 0.607 bits per heavy atom. The Bertz CT molecular complexity index is 3300. The molecule has 0 aliphatic carbocycles. The summed E-state index contributed by atoms with van der Waals surface area (Å²) in [5.41, 5.74) is -1.17. The van der Waals surface area contributed by atoms with Crippen LogP contribution in [0.2, 0.25) is 30.1 Å². The van der Waals surface area contributed by atoms with Gasteiger partial charge in [-0.1, -0.05) is 214 Å². The van der Waals surface area contributed by atoms with E-state index in [0.717, 1.165) is 52.0 Å². The highest BCUT2D eigenvalue weighted by molar-refractivity contribution is 8.13. The molecule has 9 aromatic rings. The van der Waals surface area contributed by atoms with Crippen molar-refractivity contribution in [3.63, 3.8) is 0 Å². The average molecular weight is 1360 g/mol. The average Bonchev–Trinajstić information content (AvgIpc) is 2.49. The molecule has 0 fully saturated rings. The number of carbonyl (C=O) groups is 1. The van der Waals surface area contributed by atoms with Crippen molar-refractivity contribution in [3.8, 4) is 0 Å². The second kappa shape index (κ2) is 33.2. The molecular weight excluding hydrogens is 1320 g/mol. The van der Waals surface area contributed by atoms with Gasteiger partial charge in [0.05, 0.1) is 11.1 Å². The summed E-state index contributed by atoms with van der Waals surface area (Å²) in [6.07, 6.45) is -13.9. The van der Waals surface area contributed by atoms with E-state index in [2.05, 4.69) is 121 Å². The van der Waals surface area contributed by atoms with Gasteiger partial charge in [0, 0.05) is 50.4 Å². The van der Waals surface area contributed by atoms with E-state index < -0.39 is 48.3 Å². The number of Topliss-reactive ketones (excluding diaryl/α,β-unsaturated/α-hetero) is 1. The van der Waals surface area contributed by atoms with E-state index in [1.54, 1.807) is 60.7 Å². The topological polar surface area (TPSA) is 17.1 Å². The zero-order valence-electron chi connectivity index (χ0n) is 43.0. The van der Waals surface area contributed by atoms with E-state index in [4.69, 9.17) is 69.6 Å². The Balaban J connectivity index is 0.000000209. The van der Waals surface area contributed by atoms with Crippen molar-refractivity contribution >= 4 is 145 Å². The summed E-state index contributed by atoms with van der Waals surface area (Å²) in [5, 5.41) is 7.08. The lowest BCUT2D eigenvalue weighted by molar-refractivity contribution is -0.0885. The van der Waals surface area contributed by atoms with Gasteiger partial charge in [-0.05, 0) is 149 Å². The molecular formula is C63H43Cl7F9OPS3. The number of hydrogen-bond donors (Lipinski definition) is 0. The van der Waals surface area contributed by atoms with Crippen LogP contribution in [-0.2, 0) is 0 Å². The van der Waals surface area contributed by atoms with E-state index in [9.17, 15) is 44.3 Å². The molecule has 0 amide bonds. The van der Waals surface area contributed by atoms with Gasteiger partial charge in [-0.3, -0.25) is 4.79 Å². The van der Waals surface area contributed by atoms with Crippen molar-refractivity contribution in [1.82, 2.24) is 0 Å². The number of allylic oxidation sites excluding steroid dienone is 2. The van der Waals surface area contributed by atoms with Gasteiger partial charge in [0.2, 0.25) is 0 Å². The van der Waals surface area contributed by atoms with Crippen LogP contribution < -0.4 is 28.3 Å². The fourth-order valence-electron chi connectivity index (χ4n) is 7.52. The minimum atomic E-state index is -4.91. The summed E-state index contributed by atoms with van der Waals surface area (Å²) < 4.78 is 115. The van der Waals surface area contributed by atoms with Crippen molar-refractivity contribution in [2.45, 2.75) is 33.2 Å². The Kier molecular flexibility index (Phi) is 27.6. The maximum atomic E-state index is 13.2. The predicted octanol–water partition coefficient (Wildman–Crippen LogP) is 19.9. The molecule has 0 saturated heterocycles. The number of thioether (sulfide) groups is 3. The van der Waals surface area contributed by atoms with E-state index in [-0.39, 0.29) is 53.7 Å². The fourth-order valence-corrected chi connectivity index (χ4v) is 17.2. The Hall–Kier alpha value is -4.99. The second-order valence-electron chi connectivity index (χ2n) is 17.1. The van der Waals surface area contributed by atoms with Gasteiger partial charge < -0.3 is 12.4 Å². The molecule has 0 atom stereocenters. The zero-order chi connectivity index (χ0) is 60.2. The fraction of sp³-hybridized carbons (Fsp3) is 0.0635. The molecule has 0 radical (unpaired) electrons. The van der Waals surface area contributed by atoms with E-state index >= 15 is 0 Å². The first-order valence-electron chi connectivity index (χ1n) is 24.1. The predicted molar refractivity (Wildman–Crippen MR) is 335 cm³/mol. The van der Waals surface area contributed by atoms with Crippen LogP contribution >= 0.6 is 112 Å². The molecule has 1 nitrogen and oxygen atoms in total. The summed E-state index contributed by atoms with van der Waals surface area (Å²) >= 11 is 37.9. The van der Waals surface area contributed by atoms with Crippen molar-refractivity contribution in [2.24, 2.45) is 0 Å². The molecule has 0 aliphatic rings. The Labute approximate surface area is 530 Å². The molecule has 84 heavy (non-hydrogen) atoms. The van der Waals surface area contributed by atoms with Crippen LogP contribution in [0, 0.1) is 0 Å². The third-order valence-electron chi connectivity index (χ3n) is 11.2. The van der Waals surface area contributed by atoms with Gasteiger partial charge in [0.25, 0.3) is 5.78 Å². The second-order valence-corrected chi connectivity index (χ2v) is 26.6. The van der Waals surface area contributed by atoms with Gasteiger partial charge in [-0.25, -0.2) is 0 Å². The SMILES string of the molecule is FC(F)(F)/C(=C/Sc1ccccc1)c1cc(Cl)cc(Cl)c1.FC(F)(F)/C(=C\Sc1ccccc1)c1cc(Cl)cc(Cl)c1.O=C(c1cc(Cl)cc(Cl)c1)C(F)(F)F.[Cl-].c1ccc(SC[P+](c2ccccc2)(c2ccccc2)c2ccccc2)cc1. The van der Waals surface area contributed by atoms with E-state index in [1.807, 2.05) is 11.8 Å². The molecule has 0 N–H and O–H groups in total. The summed E-state index contributed by atoms with van der Waals surface area (Å²) in [7, 11) is -1.76. The summed E-state index contributed by atoms with van der Waals surface area (Å²) in [6.45, 7) is 0. The summed E-state index contributed by atoms with van der Waals surface area (Å²) in [5.74, 6) is -1.96. The molecule has 9 rings (SSSR count). The quantitative estimate of drug-likeness (QED) is 0.0495. The highest BCUT2D eigenvalue weighted by Crippen LogP contribution is 2.58. The number of alkyl halides is 9. The van der Waals surface area contributed by atoms with Crippen LogP contribution in [0.5, 0.6) is 0 Å². The lowest BCUT2D eigenvalue weighted by Crippen LogP contribution is -3.00. The molecule has 0 aliphatic heterocycles. The Morgan fingerprint density at radius 1 is 0.357 bits per heavy atom. The van der Waals surface area contributed by atoms with Crippen molar-refractivity contribution in [2.75, 3.05) is 5.49 Å². The first kappa shape index (κ1) is 69.8. The van der Waals surface area contributed by atoms with Crippen LogP contribution in [0.25, 0.3) is 11.1 Å². The first-order chi connectivity index (χ1) is 39.4. The van der Waals surface area contributed by atoms with Crippen molar-refractivity contribution < 1.29 is 56.7 Å². The van der Waals surface area contributed by atoms with Crippen molar-refractivity contribution in [1.29, 1.82) is 0 Å². The third-order valence-corrected chi connectivity index (χ3v) is 20.5. The number of halogens is 16. The van der Waals surface area contributed by atoms with Crippen LogP contribution in [0.3, 0.4) is 0 Å². The molecule has 0 unspecified atom stereocenters. The largest absolute Gasteiger partial charge is 1.00 e. The highest BCUT2D eigenvalue weighted by Gasteiger charge is 2.45. The van der Waals surface area contributed by atoms with Gasteiger partial charge in [-0.15, -0.1) is 0 Å². The minimum absolute atomic E-state index is 0. The number of carbonyl (C=O) groups excluding carboxylic acids is 1. The first-order valence-corrected chi connectivity index (χ1v) is 31.1. The van der Waals surface area contributed by atoms with Gasteiger partial charge in [-0.2, -0.15) is 39.5 Å². The van der Waals surface area contributed by atoms with Crippen LogP contribution in [0.1, 0.15) is 21.5 Å². The zero-order valence-corrected chi connectivity index (χ0v) is 51.6. The molecule has 0 saturated carbocycles. The number of benzene rings is 9. The molecule has 21 heteroatoms. The van der Waals surface area contributed by atoms with Gasteiger partial charge in [0.1, 0.15) is 28.7 Å². The van der Waals surface area contributed by atoms with E-state index in [0.29, 0.717) is 9.79 Å². The van der Waals surface area contributed by atoms with Gasteiger partial charge in [0.15, 0.2) is 0 Å².